The Morgan fingerprint density at radius 3 is 1.61 bits per heavy atom. The average molecular weight is 397 g/mol. The monoisotopic (exact) mass is 397 g/mol. The topological polar surface area (TPSA) is 96.0 Å². The molecule has 0 radical (unpaired) electrons. The first-order valence-corrected chi connectivity index (χ1v) is 9.45. The summed E-state index contributed by atoms with van der Waals surface area (Å²) in [5.41, 5.74) is 0.826. The van der Waals surface area contributed by atoms with E-state index in [0.29, 0.717) is 21.9 Å². The van der Waals surface area contributed by atoms with Crippen molar-refractivity contribution in [3.05, 3.63) is 92.6 Å². The maximum Gasteiger partial charge on any atom is 0.698 e. The Kier molecular flexibility index (Phi) is 5.12. The molecule has 2 aromatic heterocycles. The van der Waals surface area contributed by atoms with Crippen molar-refractivity contribution in [2.75, 3.05) is 0 Å². The highest BCUT2D eigenvalue weighted by molar-refractivity contribution is 7.33. The highest BCUT2D eigenvalue weighted by atomic mass is 31.1. The molecule has 0 N–H and O–H groups in total. The van der Waals surface area contributed by atoms with Crippen molar-refractivity contribution in [2.24, 2.45) is 0 Å². The minimum absolute atomic E-state index is 0.218. The fraction of sp³-hybridized carbons (Fsp3) is 0.100. The van der Waals surface area contributed by atoms with Crippen molar-refractivity contribution in [2.45, 2.75) is 13.2 Å². The largest absolute Gasteiger partial charge is 0.698 e. The lowest BCUT2D eigenvalue weighted by atomic mass is 10.2. The number of hydrogen-bond acceptors (Lipinski definition) is 7. The van der Waals surface area contributed by atoms with E-state index in [1.807, 2.05) is 0 Å². The predicted octanol–water partition coefficient (Wildman–Crippen LogP) is 4.29. The SMILES string of the molecule is O=c1c(CO[P+](=O)OCc2coc3ccccc3c2=O)coc2ccccc12. The van der Waals surface area contributed by atoms with E-state index in [-0.39, 0.29) is 35.2 Å². The summed E-state index contributed by atoms with van der Waals surface area (Å²) in [6.45, 7) is -0.483. The molecule has 0 aliphatic rings. The summed E-state index contributed by atoms with van der Waals surface area (Å²) in [5.74, 6) is 0. The number of fused-ring (bicyclic) bond motifs is 2. The van der Waals surface area contributed by atoms with Crippen molar-refractivity contribution in [1.82, 2.24) is 0 Å². The molecule has 8 heteroatoms. The Bertz CT molecular complexity index is 1190. The number of para-hydroxylation sites is 2. The van der Waals surface area contributed by atoms with Crippen LogP contribution in [0.1, 0.15) is 11.1 Å². The van der Waals surface area contributed by atoms with Crippen LogP contribution in [0.15, 0.2) is 79.5 Å². The van der Waals surface area contributed by atoms with E-state index >= 15 is 0 Å². The second kappa shape index (κ2) is 7.86. The molecular formula is C20H14O7P+. The van der Waals surface area contributed by atoms with Gasteiger partial charge < -0.3 is 8.83 Å². The third-order valence-corrected chi connectivity index (χ3v) is 4.83. The lowest BCUT2D eigenvalue weighted by Crippen LogP contribution is -2.10. The highest BCUT2D eigenvalue weighted by Crippen LogP contribution is 2.27. The van der Waals surface area contributed by atoms with Gasteiger partial charge in [-0.25, -0.2) is 0 Å². The molecule has 2 heterocycles. The standard InChI is InChI=1S/C20H14O7P/c21-19-13(9-24-17-7-3-1-5-15(17)19)11-26-28(23)27-12-14-10-25-18-8-4-2-6-16(18)20(14)22/h1-10H,11-12H2/q+1. The second-order valence-electron chi connectivity index (χ2n) is 5.94. The Labute approximate surface area is 159 Å². The van der Waals surface area contributed by atoms with E-state index in [4.69, 9.17) is 17.9 Å². The van der Waals surface area contributed by atoms with Gasteiger partial charge in [-0.2, -0.15) is 0 Å². The van der Waals surface area contributed by atoms with Crippen LogP contribution in [0.2, 0.25) is 0 Å². The Hall–Kier alpha value is -3.12. The van der Waals surface area contributed by atoms with Gasteiger partial charge in [0.15, 0.2) is 10.9 Å². The average Bonchev–Trinajstić information content (AvgIpc) is 2.73. The van der Waals surface area contributed by atoms with Gasteiger partial charge >= 0.3 is 8.25 Å². The third kappa shape index (κ3) is 3.64. The zero-order valence-electron chi connectivity index (χ0n) is 14.5. The first-order chi connectivity index (χ1) is 13.6. The molecule has 0 unspecified atom stereocenters. The van der Waals surface area contributed by atoms with Crippen molar-refractivity contribution >= 4 is 30.2 Å². The van der Waals surface area contributed by atoms with E-state index in [2.05, 4.69) is 0 Å². The van der Waals surface area contributed by atoms with Gasteiger partial charge in [0.2, 0.25) is 0 Å². The van der Waals surface area contributed by atoms with Gasteiger partial charge in [0, 0.05) is 4.57 Å². The number of hydrogen-bond donors (Lipinski definition) is 0. The molecular weight excluding hydrogens is 383 g/mol. The number of benzene rings is 2. The van der Waals surface area contributed by atoms with Crippen LogP contribution in [-0.2, 0) is 26.8 Å². The minimum atomic E-state index is -2.55. The Morgan fingerprint density at radius 1 is 0.714 bits per heavy atom. The maximum absolute atomic E-state index is 12.4. The molecule has 28 heavy (non-hydrogen) atoms. The van der Waals surface area contributed by atoms with Gasteiger partial charge in [0.25, 0.3) is 0 Å². The fourth-order valence-electron chi connectivity index (χ4n) is 2.72. The van der Waals surface area contributed by atoms with Crippen LogP contribution in [0.5, 0.6) is 0 Å². The van der Waals surface area contributed by atoms with Crippen molar-refractivity contribution in [3.8, 4) is 0 Å². The molecule has 0 atom stereocenters. The molecule has 7 nitrogen and oxygen atoms in total. The maximum atomic E-state index is 12.4. The van der Waals surface area contributed by atoms with Gasteiger partial charge in [-0.15, -0.1) is 9.05 Å². The van der Waals surface area contributed by atoms with Crippen LogP contribution in [0, 0.1) is 0 Å². The van der Waals surface area contributed by atoms with Crippen molar-refractivity contribution in [1.29, 1.82) is 0 Å². The van der Waals surface area contributed by atoms with E-state index < -0.39 is 8.25 Å². The summed E-state index contributed by atoms with van der Waals surface area (Å²) < 4.78 is 32.9. The van der Waals surface area contributed by atoms with Crippen molar-refractivity contribution < 1.29 is 22.4 Å². The van der Waals surface area contributed by atoms with Crippen LogP contribution >= 0.6 is 8.25 Å². The predicted molar refractivity (Wildman–Crippen MR) is 102 cm³/mol. The first-order valence-electron chi connectivity index (χ1n) is 8.35. The molecule has 4 aromatic rings. The molecule has 4 rings (SSSR count). The molecule has 0 aliphatic heterocycles. The van der Waals surface area contributed by atoms with Gasteiger partial charge in [-0.05, 0) is 24.3 Å². The third-order valence-electron chi connectivity index (χ3n) is 4.15. The van der Waals surface area contributed by atoms with Gasteiger partial charge in [-0.1, -0.05) is 24.3 Å². The normalized spacial score (nSPS) is 11.1. The molecule has 2 aromatic carbocycles. The van der Waals surface area contributed by atoms with E-state index in [0.717, 1.165) is 0 Å². The molecule has 0 saturated carbocycles. The zero-order valence-corrected chi connectivity index (χ0v) is 15.4. The highest BCUT2D eigenvalue weighted by Gasteiger charge is 2.23. The van der Waals surface area contributed by atoms with Crippen molar-refractivity contribution in [3.63, 3.8) is 0 Å². The summed E-state index contributed by atoms with van der Waals surface area (Å²) >= 11 is 0. The lowest BCUT2D eigenvalue weighted by Gasteiger charge is -1.99. The fourth-order valence-corrected chi connectivity index (χ4v) is 3.28. The summed E-state index contributed by atoms with van der Waals surface area (Å²) in [6, 6.07) is 13.6. The summed E-state index contributed by atoms with van der Waals surface area (Å²) in [7, 11) is -2.55. The first kappa shape index (κ1) is 18.3. The Balaban J connectivity index is 1.42. The smallest absolute Gasteiger partial charge is 0.464 e. The second-order valence-corrected chi connectivity index (χ2v) is 6.91. The van der Waals surface area contributed by atoms with Gasteiger partial charge in [0.05, 0.1) is 21.9 Å². The lowest BCUT2D eigenvalue weighted by molar-refractivity contribution is 0.210. The van der Waals surface area contributed by atoms with Crippen LogP contribution in [0.25, 0.3) is 21.9 Å². The molecule has 0 fully saturated rings. The molecule has 140 valence electrons. The van der Waals surface area contributed by atoms with Gasteiger partial charge in [0.1, 0.15) is 36.9 Å². The summed E-state index contributed by atoms with van der Waals surface area (Å²) in [5, 5.41) is 0.821. The minimum Gasteiger partial charge on any atom is -0.464 e. The van der Waals surface area contributed by atoms with Gasteiger partial charge in [-0.3, -0.25) is 9.59 Å². The van der Waals surface area contributed by atoms with Crippen LogP contribution in [-0.4, -0.2) is 0 Å². The van der Waals surface area contributed by atoms with Crippen LogP contribution in [0.3, 0.4) is 0 Å². The van der Waals surface area contributed by atoms with E-state index in [9.17, 15) is 14.2 Å². The summed E-state index contributed by atoms with van der Waals surface area (Å²) in [4.78, 5) is 24.7. The van der Waals surface area contributed by atoms with E-state index in [1.165, 1.54) is 12.5 Å². The quantitative estimate of drug-likeness (QED) is 0.448. The molecule has 0 saturated heterocycles. The molecule has 0 bridgehead atoms. The van der Waals surface area contributed by atoms with Crippen LogP contribution < -0.4 is 10.9 Å². The molecule has 0 amide bonds. The molecule has 0 aliphatic carbocycles. The molecule has 0 spiro atoms. The zero-order chi connectivity index (χ0) is 19.5. The van der Waals surface area contributed by atoms with E-state index in [1.54, 1.807) is 48.5 Å². The number of rotatable bonds is 6. The summed E-state index contributed by atoms with van der Waals surface area (Å²) in [6.07, 6.45) is 2.54. The van der Waals surface area contributed by atoms with Crippen LogP contribution in [0.4, 0.5) is 0 Å². The Morgan fingerprint density at radius 2 is 1.14 bits per heavy atom.